The Labute approximate surface area is 81.8 Å². The average Bonchev–Trinajstić information content (AvgIpc) is 2.27. The molecule has 0 atom stereocenters. The molecule has 2 aromatic heterocycles. The highest BCUT2D eigenvalue weighted by atomic mass is 35.5. The molecule has 0 aliphatic carbocycles. The highest BCUT2D eigenvalue weighted by Gasteiger charge is 1.95. The van der Waals surface area contributed by atoms with Crippen LogP contribution in [0.25, 0.3) is 5.65 Å². The Kier molecular flexibility index (Phi) is 3.92. The van der Waals surface area contributed by atoms with Crippen LogP contribution in [-0.4, -0.2) is 19.8 Å². The second-order valence-electron chi connectivity index (χ2n) is 2.03. The van der Waals surface area contributed by atoms with Gasteiger partial charge in [0.05, 0.1) is 0 Å². The van der Waals surface area contributed by atoms with E-state index in [1.165, 1.54) is 4.63 Å². The van der Waals surface area contributed by atoms with Crippen molar-refractivity contribution in [3.8, 4) is 0 Å². The van der Waals surface area contributed by atoms with Crippen molar-refractivity contribution in [3.05, 3.63) is 24.2 Å². The molecular formula is C6H8Cl2N4. The summed E-state index contributed by atoms with van der Waals surface area (Å²) in [5.41, 5.74) is 0.792. The minimum Gasteiger partial charge on any atom is -0.210 e. The summed E-state index contributed by atoms with van der Waals surface area (Å²) in [6, 6.07) is 3.70. The molecule has 2 aromatic rings. The molecule has 2 heterocycles. The normalized spacial score (nSPS) is 8.75. The van der Waals surface area contributed by atoms with Gasteiger partial charge in [0.15, 0.2) is 5.65 Å². The van der Waals surface area contributed by atoms with Crippen LogP contribution in [0.1, 0.15) is 5.82 Å². The van der Waals surface area contributed by atoms with E-state index in [1.807, 2.05) is 19.1 Å². The smallest absolute Gasteiger partial charge is 0.176 e. The van der Waals surface area contributed by atoms with Crippen molar-refractivity contribution < 1.29 is 0 Å². The predicted molar refractivity (Wildman–Crippen MR) is 50.0 cm³/mol. The van der Waals surface area contributed by atoms with Gasteiger partial charge < -0.3 is 0 Å². The van der Waals surface area contributed by atoms with Gasteiger partial charge in [0, 0.05) is 6.20 Å². The number of hydrogen-bond donors (Lipinski definition) is 0. The van der Waals surface area contributed by atoms with Crippen molar-refractivity contribution in [3.63, 3.8) is 0 Å². The number of fused-ring (bicyclic) bond motifs is 1. The van der Waals surface area contributed by atoms with Crippen LogP contribution in [0.2, 0.25) is 0 Å². The van der Waals surface area contributed by atoms with E-state index in [2.05, 4.69) is 15.2 Å². The molecule has 2 rings (SSSR count). The van der Waals surface area contributed by atoms with Crippen LogP contribution in [0.4, 0.5) is 0 Å². The fourth-order valence-corrected chi connectivity index (χ4v) is 0.841. The maximum absolute atomic E-state index is 4.10. The maximum atomic E-state index is 4.10. The quantitative estimate of drug-likeness (QED) is 0.653. The summed E-state index contributed by atoms with van der Waals surface area (Å²) in [5.74, 6) is 0.749. The van der Waals surface area contributed by atoms with Crippen LogP contribution in [0.15, 0.2) is 18.3 Å². The summed E-state index contributed by atoms with van der Waals surface area (Å²) in [5, 5.41) is 7.95. The van der Waals surface area contributed by atoms with Gasteiger partial charge in [-0.3, -0.25) is 0 Å². The first-order chi connectivity index (χ1) is 4.86. The first kappa shape index (κ1) is 11.1. The standard InChI is InChI=1S/C6H6N4.2ClH/c1-5-8-6-3-2-4-7-10(6)9-5;;/h2-4H,1H3;2*1H. The third-order valence-corrected chi connectivity index (χ3v) is 1.23. The first-order valence-corrected chi connectivity index (χ1v) is 3.01. The molecule has 0 radical (unpaired) electrons. The van der Waals surface area contributed by atoms with E-state index in [0.29, 0.717) is 0 Å². The van der Waals surface area contributed by atoms with E-state index in [9.17, 15) is 0 Å². The van der Waals surface area contributed by atoms with Gasteiger partial charge >= 0.3 is 0 Å². The van der Waals surface area contributed by atoms with E-state index in [-0.39, 0.29) is 24.8 Å². The van der Waals surface area contributed by atoms with Crippen molar-refractivity contribution in [1.82, 2.24) is 19.8 Å². The summed E-state index contributed by atoms with van der Waals surface area (Å²) >= 11 is 0. The third kappa shape index (κ3) is 1.84. The molecule has 0 fully saturated rings. The molecule has 12 heavy (non-hydrogen) atoms. The lowest BCUT2D eigenvalue weighted by molar-refractivity contribution is 0.787. The second-order valence-corrected chi connectivity index (χ2v) is 2.03. The molecule has 0 saturated carbocycles. The highest BCUT2D eigenvalue weighted by Crippen LogP contribution is 1.94. The average molecular weight is 207 g/mol. The van der Waals surface area contributed by atoms with E-state index in [4.69, 9.17) is 0 Å². The molecule has 0 amide bonds. The zero-order valence-corrected chi connectivity index (χ0v) is 7.97. The number of halogens is 2. The fourth-order valence-electron chi connectivity index (χ4n) is 0.841. The van der Waals surface area contributed by atoms with Gasteiger partial charge in [-0.15, -0.1) is 34.5 Å². The lowest BCUT2D eigenvalue weighted by atomic mass is 10.6. The molecule has 0 spiro atoms. The van der Waals surface area contributed by atoms with E-state index in [1.54, 1.807) is 6.20 Å². The van der Waals surface area contributed by atoms with Crippen LogP contribution in [-0.2, 0) is 0 Å². The summed E-state index contributed by atoms with van der Waals surface area (Å²) < 4.78 is 1.51. The molecule has 0 aliphatic rings. The lowest BCUT2D eigenvalue weighted by Gasteiger charge is -1.83. The van der Waals surface area contributed by atoms with Gasteiger partial charge in [0.2, 0.25) is 0 Å². The molecule has 6 heteroatoms. The van der Waals surface area contributed by atoms with Crippen molar-refractivity contribution in [2.24, 2.45) is 0 Å². The summed E-state index contributed by atoms with van der Waals surface area (Å²) in [7, 11) is 0. The van der Waals surface area contributed by atoms with Crippen molar-refractivity contribution in [2.75, 3.05) is 0 Å². The van der Waals surface area contributed by atoms with E-state index >= 15 is 0 Å². The number of aromatic nitrogens is 4. The summed E-state index contributed by atoms with van der Waals surface area (Å²) in [4.78, 5) is 4.10. The molecular weight excluding hydrogens is 199 g/mol. The van der Waals surface area contributed by atoms with E-state index < -0.39 is 0 Å². The van der Waals surface area contributed by atoms with Crippen LogP contribution in [0.5, 0.6) is 0 Å². The van der Waals surface area contributed by atoms with E-state index in [0.717, 1.165) is 11.5 Å². The second kappa shape index (κ2) is 4.23. The van der Waals surface area contributed by atoms with Gasteiger partial charge in [0.25, 0.3) is 0 Å². The molecule has 4 nitrogen and oxygen atoms in total. The Morgan fingerprint density at radius 2 is 2.08 bits per heavy atom. The Balaban J connectivity index is 0.000000605. The van der Waals surface area contributed by atoms with Gasteiger partial charge in [-0.25, -0.2) is 4.98 Å². The molecule has 0 saturated heterocycles. The number of rotatable bonds is 0. The number of hydrogen-bond acceptors (Lipinski definition) is 3. The molecule has 0 aliphatic heterocycles. The zero-order valence-electron chi connectivity index (χ0n) is 6.34. The summed E-state index contributed by atoms with van der Waals surface area (Å²) in [6.07, 6.45) is 1.68. The molecule has 0 bridgehead atoms. The molecule has 0 N–H and O–H groups in total. The maximum Gasteiger partial charge on any atom is 0.176 e. The summed E-state index contributed by atoms with van der Waals surface area (Å²) in [6.45, 7) is 1.84. The van der Waals surface area contributed by atoms with Crippen LogP contribution >= 0.6 is 24.8 Å². The Hall–Kier alpha value is -0.870. The van der Waals surface area contributed by atoms with Gasteiger partial charge in [-0.05, 0) is 19.1 Å². The van der Waals surface area contributed by atoms with Crippen LogP contribution < -0.4 is 0 Å². The Bertz CT molecular complexity index is 326. The monoisotopic (exact) mass is 206 g/mol. The van der Waals surface area contributed by atoms with Crippen molar-refractivity contribution in [2.45, 2.75) is 6.92 Å². The SMILES string of the molecule is Cc1nc2cccnn2n1.Cl.Cl. The van der Waals surface area contributed by atoms with Crippen molar-refractivity contribution in [1.29, 1.82) is 0 Å². The minimum atomic E-state index is 0. The van der Waals surface area contributed by atoms with Gasteiger partial charge in [-0.2, -0.15) is 5.10 Å². The van der Waals surface area contributed by atoms with Gasteiger partial charge in [-0.1, -0.05) is 0 Å². The Morgan fingerprint density at radius 1 is 1.33 bits per heavy atom. The molecule has 66 valence electrons. The van der Waals surface area contributed by atoms with Crippen LogP contribution in [0, 0.1) is 6.92 Å². The lowest BCUT2D eigenvalue weighted by Crippen LogP contribution is -1.90. The number of nitrogens with zero attached hydrogens (tertiary/aromatic N) is 4. The van der Waals surface area contributed by atoms with Crippen LogP contribution in [0.3, 0.4) is 0 Å². The molecule has 0 aromatic carbocycles. The molecule has 0 unspecified atom stereocenters. The minimum absolute atomic E-state index is 0. The first-order valence-electron chi connectivity index (χ1n) is 3.01. The highest BCUT2D eigenvalue weighted by molar-refractivity contribution is 5.85. The zero-order chi connectivity index (χ0) is 6.97. The van der Waals surface area contributed by atoms with Crippen molar-refractivity contribution >= 4 is 30.5 Å². The Morgan fingerprint density at radius 3 is 2.75 bits per heavy atom. The third-order valence-electron chi connectivity index (χ3n) is 1.23. The van der Waals surface area contributed by atoms with Gasteiger partial charge in [0.1, 0.15) is 5.82 Å². The largest absolute Gasteiger partial charge is 0.210 e. The number of aryl methyl sites for hydroxylation is 1. The topological polar surface area (TPSA) is 43.1 Å². The predicted octanol–water partition coefficient (Wildman–Crippen LogP) is 1.28. The fraction of sp³-hybridized carbons (Fsp3) is 0.167.